The first kappa shape index (κ1) is 12.1. The van der Waals surface area contributed by atoms with Crippen LogP contribution >= 0.6 is 0 Å². The van der Waals surface area contributed by atoms with Gasteiger partial charge in [0.1, 0.15) is 0 Å². The van der Waals surface area contributed by atoms with Gasteiger partial charge in [-0.2, -0.15) is 15.0 Å². The number of rotatable bonds is 2. The number of aromatic nitrogens is 3. The zero-order chi connectivity index (χ0) is 11.0. The molecule has 0 bridgehead atoms. The molecule has 0 fully saturated rings. The summed E-state index contributed by atoms with van der Waals surface area (Å²) in [6, 6.07) is 0. The van der Waals surface area contributed by atoms with Gasteiger partial charge in [0.2, 0.25) is 17.8 Å². The predicted molar refractivity (Wildman–Crippen MR) is 55.5 cm³/mol. The van der Waals surface area contributed by atoms with Crippen molar-refractivity contribution in [1.29, 1.82) is 0 Å². The van der Waals surface area contributed by atoms with Crippen molar-refractivity contribution in [2.75, 3.05) is 30.4 Å². The standard InChI is InChI=1S/C4H8N6.C3H6O/c1-7-4-9-2(5)8-3(6)10-4;1-2-3-4/h1H3,(H5,5,6,7,8,9,10);2,4H,1,3H2. The average Bonchev–Trinajstić information content (AvgIpc) is 2.17. The lowest BCUT2D eigenvalue weighted by atomic mass is 10.7. The van der Waals surface area contributed by atoms with Gasteiger partial charge in [-0.1, -0.05) is 6.08 Å². The maximum Gasteiger partial charge on any atom is 0.229 e. The molecule has 6 N–H and O–H groups in total. The van der Waals surface area contributed by atoms with Crippen molar-refractivity contribution in [2.24, 2.45) is 0 Å². The lowest BCUT2D eigenvalue weighted by Gasteiger charge is -1.98. The summed E-state index contributed by atoms with van der Waals surface area (Å²) in [5, 5.41) is 10.4. The molecule has 0 saturated carbocycles. The second-order valence-electron chi connectivity index (χ2n) is 2.10. The van der Waals surface area contributed by atoms with E-state index in [9.17, 15) is 0 Å². The van der Waals surface area contributed by atoms with E-state index in [1.807, 2.05) is 0 Å². The van der Waals surface area contributed by atoms with E-state index in [1.54, 1.807) is 7.05 Å². The monoisotopic (exact) mass is 198 g/mol. The third-order valence-corrected chi connectivity index (χ3v) is 1.02. The largest absolute Gasteiger partial charge is 0.392 e. The molecule has 0 unspecified atom stereocenters. The van der Waals surface area contributed by atoms with Crippen LogP contribution in [0.4, 0.5) is 17.8 Å². The Hall–Kier alpha value is -1.89. The predicted octanol–water partition coefficient (Wildman–Crippen LogP) is -0.758. The number of aliphatic hydroxyl groups excluding tert-OH is 1. The van der Waals surface area contributed by atoms with Gasteiger partial charge in [-0.05, 0) is 0 Å². The number of nitrogens with one attached hydrogen (secondary N) is 1. The Bertz CT molecular complexity index is 269. The number of nitrogens with zero attached hydrogens (tertiary/aromatic N) is 3. The highest BCUT2D eigenvalue weighted by Crippen LogP contribution is 2.00. The lowest BCUT2D eigenvalue weighted by molar-refractivity contribution is 0.343. The number of hydrogen-bond donors (Lipinski definition) is 4. The molecule has 0 aliphatic carbocycles. The minimum atomic E-state index is 0.0833. The van der Waals surface area contributed by atoms with E-state index in [1.165, 1.54) is 6.08 Å². The van der Waals surface area contributed by atoms with Gasteiger partial charge in [0, 0.05) is 7.05 Å². The van der Waals surface area contributed by atoms with Crippen LogP contribution in [0.1, 0.15) is 0 Å². The molecular weight excluding hydrogens is 184 g/mol. The molecule has 7 heteroatoms. The Morgan fingerprint density at radius 2 is 1.79 bits per heavy atom. The molecule has 14 heavy (non-hydrogen) atoms. The molecule has 0 aliphatic heterocycles. The minimum Gasteiger partial charge on any atom is -0.392 e. The Morgan fingerprint density at radius 1 is 1.36 bits per heavy atom. The van der Waals surface area contributed by atoms with E-state index in [-0.39, 0.29) is 18.5 Å². The highest BCUT2D eigenvalue weighted by molar-refractivity contribution is 5.36. The van der Waals surface area contributed by atoms with Crippen molar-refractivity contribution >= 4 is 17.8 Å². The van der Waals surface area contributed by atoms with Crippen LogP contribution in [-0.4, -0.2) is 33.7 Å². The zero-order valence-electron chi connectivity index (χ0n) is 7.94. The second-order valence-corrected chi connectivity index (χ2v) is 2.10. The molecule has 1 aromatic rings. The molecule has 7 nitrogen and oxygen atoms in total. The molecule has 0 spiro atoms. The van der Waals surface area contributed by atoms with Crippen LogP contribution in [0.15, 0.2) is 12.7 Å². The number of anilines is 3. The first-order valence-electron chi connectivity index (χ1n) is 3.80. The highest BCUT2D eigenvalue weighted by atomic mass is 16.2. The highest BCUT2D eigenvalue weighted by Gasteiger charge is 1.96. The van der Waals surface area contributed by atoms with Crippen molar-refractivity contribution in [3.8, 4) is 0 Å². The molecule has 0 aromatic carbocycles. The van der Waals surface area contributed by atoms with Crippen LogP contribution in [0.2, 0.25) is 0 Å². The molecule has 0 radical (unpaired) electrons. The third-order valence-electron chi connectivity index (χ3n) is 1.02. The van der Waals surface area contributed by atoms with E-state index in [2.05, 4.69) is 26.8 Å². The van der Waals surface area contributed by atoms with E-state index in [0.717, 1.165) is 0 Å². The van der Waals surface area contributed by atoms with E-state index >= 15 is 0 Å². The summed E-state index contributed by atoms with van der Waals surface area (Å²) in [6.45, 7) is 3.31. The summed E-state index contributed by atoms with van der Waals surface area (Å²) >= 11 is 0. The van der Waals surface area contributed by atoms with Gasteiger partial charge in [0.05, 0.1) is 6.61 Å². The summed E-state index contributed by atoms with van der Waals surface area (Å²) in [5.74, 6) is 0.624. The Morgan fingerprint density at radius 3 is 2.07 bits per heavy atom. The fraction of sp³-hybridized carbons (Fsp3) is 0.286. The fourth-order valence-corrected chi connectivity index (χ4v) is 0.521. The van der Waals surface area contributed by atoms with Gasteiger partial charge in [0.25, 0.3) is 0 Å². The van der Waals surface area contributed by atoms with Gasteiger partial charge in [0.15, 0.2) is 0 Å². The van der Waals surface area contributed by atoms with Crippen LogP contribution in [0.25, 0.3) is 0 Å². The summed E-state index contributed by atoms with van der Waals surface area (Å²) in [4.78, 5) is 11.0. The minimum absolute atomic E-state index is 0.0833. The Balaban J connectivity index is 0.000000364. The summed E-state index contributed by atoms with van der Waals surface area (Å²) in [6.07, 6.45) is 1.43. The third kappa shape index (κ3) is 4.88. The normalized spacial score (nSPS) is 8.43. The number of aliphatic hydroxyl groups is 1. The number of nitrogen functional groups attached to an aromatic ring is 2. The maximum absolute atomic E-state index is 7.76. The van der Waals surface area contributed by atoms with Crippen molar-refractivity contribution in [3.05, 3.63) is 12.7 Å². The summed E-state index contributed by atoms with van der Waals surface area (Å²) in [5.41, 5.74) is 10.5. The van der Waals surface area contributed by atoms with Gasteiger partial charge in [-0.25, -0.2) is 0 Å². The summed E-state index contributed by atoms with van der Waals surface area (Å²) < 4.78 is 0. The van der Waals surface area contributed by atoms with Gasteiger partial charge < -0.3 is 21.9 Å². The molecule has 1 aromatic heterocycles. The molecule has 0 amide bonds. The number of hydrogen-bond acceptors (Lipinski definition) is 7. The zero-order valence-corrected chi connectivity index (χ0v) is 7.94. The molecule has 0 aliphatic rings. The van der Waals surface area contributed by atoms with Crippen molar-refractivity contribution in [3.63, 3.8) is 0 Å². The summed E-state index contributed by atoms with van der Waals surface area (Å²) in [7, 11) is 1.67. The van der Waals surface area contributed by atoms with Crippen molar-refractivity contribution in [2.45, 2.75) is 0 Å². The fourth-order valence-electron chi connectivity index (χ4n) is 0.521. The first-order valence-corrected chi connectivity index (χ1v) is 3.80. The topological polar surface area (TPSA) is 123 Å². The van der Waals surface area contributed by atoms with Gasteiger partial charge >= 0.3 is 0 Å². The van der Waals surface area contributed by atoms with E-state index in [0.29, 0.717) is 5.95 Å². The Kier molecular flexibility index (Phi) is 5.72. The Labute approximate surface area is 81.9 Å². The molecule has 1 rings (SSSR count). The van der Waals surface area contributed by atoms with Gasteiger partial charge in [-0.3, -0.25) is 0 Å². The maximum atomic E-state index is 7.76. The quantitative estimate of drug-likeness (QED) is 0.460. The molecule has 1 heterocycles. The molecule has 0 saturated heterocycles. The van der Waals surface area contributed by atoms with E-state index < -0.39 is 0 Å². The van der Waals surface area contributed by atoms with Gasteiger partial charge in [-0.15, -0.1) is 6.58 Å². The van der Waals surface area contributed by atoms with Crippen LogP contribution < -0.4 is 16.8 Å². The van der Waals surface area contributed by atoms with E-state index in [4.69, 9.17) is 16.6 Å². The second kappa shape index (κ2) is 6.61. The van der Waals surface area contributed by atoms with Crippen LogP contribution in [0, 0.1) is 0 Å². The van der Waals surface area contributed by atoms with Crippen molar-refractivity contribution in [1.82, 2.24) is 15.0 Å². The number of nitrogens with two attached hydrogens (primary N) is 2. The van der Waals surface area contributed by atoms with Crippen LogP contribution in [-0.2, 0) is 0 Å². The van der Waals surface area contributed by atoms with Crippen LogP contribution in [0.5, 0.6) is 0 Å². The van der Waals surface area contributed by atoms with Crippen molar-refractivity contribution < 1.29 is 5.11 Å². The SMILES string of the molecule is C=CCO.CNc1nc(N)nc(N)n1. The smallest absolute Gasteiger partial charge is 0.229 e. The molecular formula is C7H14N6O. The molecule has 0 atom stereocenters. The average molecular weight is 198 g/mol. The first-order chi connectivity index (χ1) is 6.63. The van der Waals surface area contributed by atoms with Crippen LogP contribution in [0.3, 0.4) is 0 Å². The lowest BCUT2D eigenvalue weighted by Crippen LogP contribution is -2.06. The molecule has 78 valence electrons.